The Morgan fingerprint density at radius 1 is 1.48 bits per heavy atom. The van der Waals surface area contributed by atoms with Crippen LogP contribution < -0.4 is 11.1 Å². The Hall–Kier alpha value is -1.94. The third kappa shape index (κ3) is 4.52. The molecular weight excluding hydrogens is 355 g/mol. The summed E-state index contributed by atoms with van der Waals surface area (Å²) < 4.78 is 38.1. The van der Waals surface area contributed by atoms with Crippen molar-refractivity contribution in [2.75, 3.05) is 11.1 Å². The van der Waals surface area contributed by atoms with E-state index in [1.54, 1.807) is 6.92 Å². The number of nitrogen functional groups attached to an aromatic ring is 1. The van der Waals surface area contributed by atoms with Gasteiger partial charge in [-0.1, -0.05) is 23.4 Å². The van der Waals surface area contributed by atoms with Crippen LogP contribution in [0, 0.1) is 0 Å². The second kappa shape index (κ2) is 6.67. The number of nitrogens with zero attached hydrogens (tertiary/aromatic N) is 2. The molecule has 0 bridgehead atoms. The average Bonchev–Trinajstić information content (AvgIpc) is 2.85. The van der Waals surface area contributed by atoms with Gasteiger partial charge in [-0.25, -0.2) is 5.10 Å². The van der Waals surface area contributed by atoms with Gasteiger partial charge in [0.15, 0.2) is 0 Å². The highest BCUT2D eigenvalue weighted by Gasteiger charge is 2.31. The van der Waals surface area contributed by atoms with Crippen LogP contribution in [0.4, 0.5) is 24.8 Å². The van der Waals surface area contributed by atoms with Gasteiger partial charge in [0, 0.05) is 0 Å². The van der Waals surface area contributed by atoms with Gasteiger partial charge in [0.2, 0.25) is 17.0 Å². The second-order valence-corrected chi connectivity index (χ2v) is 6.16. The van der Waals surface area contributed by atoms with Crippen LogP contribution in [0.2, 0.25) is 5.02 Å². The normalized spacial score (nSPS) is 12.9. The lowest BCUT2D eigenvalue weighted by molar-refractivity contribution is -0.137. The highest BCUT2D eigenvalue weighted by Crippen LogP contribution is 2.34. The third-order valence-corrected chi connectivity index (χ3v) is 3.98. The minimum atomic E-state index is -4.53. The number of aromatic amines is 1. The first-order valence-corrected chi connectivity index (χ1v) is 7.44. The Bertz CT molecular complexity index is 721. The highest BCUT2D eigenvalue weighted by atomic mass is 35.5. The van der Waals surface area contributed by atoms with E-state index in [0.29, 0.717) is 0 Å². The van der Waals surface area contributed by atoms with Crippen LogP contribution in [0.25, 0.3) is 0 Å². The standard InChI is InChI=1S/C12H11ClF3N5OS/c1-5(23-11-19-10(17)20-21-11)9(22)18-8-4-6(12(14,15)16)2-3-7(8)13/h2-5H,1H3,(H,18,22)(H3,17,19,20,21)/t5-/m1/s1. The van der Waals surface area contributed by atoms with Crippen molar-refractivity contribution >= 4 is 40.9 Å². The molecule has 6 nitrogen and oxygen atoms in total. The molecule has 0 aliphatic heterocycles. The van der Waals surface area contributed by atoms with Crippen LogP contribution in [-0.4, -0.2) is 26.3 Å². The molecule has 0 aliphatic rings. The molecule has 11 heteroatoms. The summed E-state index contributed by atoms with van der Waals surface area (Å²) in [7, 11) is 0. The summed E-state index contributed by atoms with van der Waals surface area (Å²) in [5, 5.41) is 8.12. The molecule has 0 fully saturated rings. The summed E-state index contributed by atoms with van der Waals surface area (Å²) >= 11 is 6.82. The second-order valence-electron chi connectivity index (χ2n) is 4.44. The maximum atomic E-state index is 12.7. The van der Waals surface area contributed by atoms with E-state index >= 15 is 0 Å². The molecule has 0 radical (unpaired) electrons. The van der Waals surface area contributed by atoms with E-state index in [1.165, 1.54) is 0 Å². The van der Waals surface area contributed by atoms with Crippen LogP contribution in [0.1, 0.15) is 12.5 Å². The number of nitrogens with one attached hydrogen (secondary N) is 2. The van der Waals surface area contributed by atoms with Crippen LogP contribution in [0.3, 0.4) is 0 Å². The van der Waals surface area contributed by atoms with Gasteiger partial charge in [-0.05, 0) is 25.1 Å². The molecule has 1 aromatic carbocycles. The van der Waals surface area contributed by atoms with E-state index in [4.69, 9.17) is 17.3 Å². The average molecular weight is 366 g/mol. The van der Waals surface area contributed by atoms with Crippen molar-refractivity contribution in [1.82, 2.24) is 15.2 Å². The number of benzene rings is 1. The summed E-state index contributed by atoms with van der Waals surface area (Å²) in [6.45, 7) is 1.55. The fraction of sp³-hybridized carbons (Fsp3) is 0.250. The number of amides is 1. The van der Waals surface area contributed by atoms with Gasteiger partial charge >= 0.3 is 6.18 Å². The molecule has 23 heavy (non-hydrogen) atoms. The Labute approximate surface area is 138 Å². The molecule has 2 aromatic rings. The number of hydrogen-bond acceptors (Lipinski definition) is 5. The quantitative estimate of drug-likeness (QED) is 0.723. The number of rotatable bonds is 4. The van der Waals surface area contributed by atoms with Gasteiger partial charge in [0.1, 0.15) is 0 Å². The van der Waals surface area contributed by atoms with Crippen molar-refractivity contribution < 1.29 is 18.0 Å². The van der Waals surface area contributed by atoms with Crippen molar-refractivity contribution in [3.05, 3.63) is 28.8 Å². The summed E-state index contributed by atoms with van der Waals surface area (Å²) in [6, 6.07) is 2.70. The molecule has 0 saturated carbocycles. The van der Waals surface area contributed by atoms with Gasteiger partial charge in [-0.2, -0.15) is 18.2 Å². The first-order valence-electron chi connectivity index (χ1n) is 6.19. The molecule has 2 rings (SSSR count). The predicted molar refractivity (Wildman–Crippen MR) is 81.2 cm³/mol. The van der Waals surface area contributed by atoms with Gasteiger partial charge in [0.25, 0.3) is 0 Å². The van der Waals surface area contributed by atoms with Crippen molar-refractivity contribution in [3.8, 4) is 0 Å². The molecule has 1 atom stereocenters. The number of alkyl halides is 3. The summed E-state index contributed by atoms with van der Waals surface area (Å²) in [6.07, 6.45) is -4.53. The lowest BCUT2D eigenvalue weighted by Gasteiger charge is -2.13. The van der Waals surface area contributed by atoms with E-state index in [1.807, 2.05) is 0 Å². The zero-order valence-corrected chi connectivity index (χ0v) is 13.2. The van der Waals surface area contributed by atoms with Crippen molar-refractivity contribution in [2.45, 2.75) is 23.5 Å². The highest BCUT2D eigenvalue weighted by molar-refractivity contribution is 8.00. The van der Waals surface area contributed by atoms with Gasteiger partial charge in [-0.3, -0.25) is 4.79 Å². The number of H-pyrrole nitrogens is 1. The Balaban J connectivity index is 2.10. The lowest BCUT2D eigenvalue weighted by Crippen LogP contribution is -2.23. The summed E-state index contributed by atoms with van der Waals surface area (Å²) in [5.74, 6) is -0.444. The number of anilines is 2. The summed E-state index contributed by atoms with van der Waals surface area (Å²) in [5.41, 5.74) is 4.34. The number of aromatic nitrogens is 3. The first kappa shape index (κ1) is 17.4. The smallest absolute Gasteiger partial charge is 0.368 e. The molecule has 1 aromatic heterocycles. The fourth-order valence-electron chi connectivity index (χ4n) is 1.55. The van der Waals surface area contributed by atoms with Crippen molar-refractivity contribution in [1.29, 1.82) is 0 Å². The summed E-state index contributed by atoms with van der Waals surface area (Å²) in [4.78, 5) is 15.9. The number of hydrogen-bond donors (Lipinski definition) is 3. The zero-order chi connectivity index (χ0) is 17.2. The van der Waals surface area contributed by atoms with E-state index in [-0.39, 0.29) is 21.8 Å². The maximum absolute atomic E-state index is 12.7. The number of carbonyl (C=O) groups excluding carboxylic acids is 1. The zero-order valence-electron chi connectivity index (χ0n) is 11.6. The van der Waals surface area contributed by atoms with E-state index in [9.17, 15) is 18.0 Å². The minimum Gasteiger partial charge on any atom is -0.368 e. The Kier molecular flexibility index (Phi) is 5.05. The predicted octanol–water partition coefficient (Wildman–Crippen LogP) is 3.18. The van der Waals surface area contributed by atoms with E-state index in [0.717, 1.165) is 30.0 Å². The van der Waals surface area contributed by atoms with Crippen LogP contribution >= 0.6 is 23.4 Å². The van der Waals surface area contributed by atoms with Crippen molar-refractivity contribution in [3.63, 3.8) is 0 Å². The lowest BCUT2D eigenvalue weighted by atomic mass is 10.2. The molecule has 1 amide bonds. The Morgan fingerprint density at radius 3 is 2.74 bits per heavy atom. The van der Waals surface area contributed by atoms with Crippen LogP contribution in [0.5, 0.6) is 0 Å². The van der Waals surface area contributed by atoms with Gasteiger partial charge in [0.05, 0.1) is 21.5 Å². The van der Waals surface area contributed by atoms with Crippen molar-refractivity contribution in [2.24, 2.45) is 0 Å². The fourth-order valence-corrected chi connectivity index (χ4v) is 2.45. The minimum absolute atomic E-state index is 0.00527. The SMILES string of the molecule is C[C@@H](Sc1n[nH]c(N)n1)C(=O)Nc1cc(C(F)(F)F)ccc1Cl. The number of thioether (sulfide) groups is 1. The third-order valence-electron chi connectivity index (χ3n) is 2.69. The van der Waals surface area contributed by atoms with Gasteiger partial charge < -0.3 is 11.1 Å². The molecule has 0 saturated heterocycles. The number of nitrogens with two attached hydrogens (primary N) is 1. The van der Waals surface area contributed by atoms with E-state index in [2.05, 4.69) is 20.5 Å². The first-order chi connectivity index (χ1) is 10.7. The molecule has 0 unspecified atom stereocenters. The maximum Gasteiger partial charge on any atom is 0.416 e. The number of halogens is 4. The Morgan fingerprint density at radius 2 is 2.17 bits per heavy atom. The largest absolute Gasteiger partial charge is 0.416 e. The monoisotopic (exact) mass is 365 g/mol. The van der Waals surface area contributed by atoms with Gasteiger partial charge in [-0.15, -0.1) is 5.10 Å². The molecular formula is C12H11ClF3N5OS. The van der Waals surface area contributed by atoms with Crippen LogP contribution in [-0.2, 0) is 11.0 Å². The van der Waals surface area contributed by atoms with Crippen LogP contribution in [0.15, 0.2) is 23.4 Å². The molecule has 0 spiro atoms. The molecule has 0 aliphatic carbocycles. The molecule has 124 valence electrons. The molecule has 4 N–H and O–H groups in total. The molecule has 1 heterocycles. The van der Waals surface area contributed by atoms with E-state index < -0.39 is 22.9 Å². The number of carbonyl (C=O) groups is 1. The topological polar surface area (TPSA) is 96.7 Å².